The Morgan fingerprint density at radius 3 is 2.22 bits per heavy atom. The van der Waals surface area contributed by atoms with Gasteiger partial charge in [-0.3, -0.25) is 0 Å². The van der Waals surface area contributed by atoms with Crippen molar-refractivity contribution in [3.8, 4) is 22.9 Å². The zero-order chi connectivity index (χ0) is 26.3. The minimum absolute atomic E-state index is 0.0623. The molecule has 1 aliphatic heterocycles. The summed E-state index contributed by atoms with van der Waals surface area (Å²) in [6.07, 6.45) is -4.60. The maximum Gasteiger partial charge on any atom is 0.458 e. The number of piperidine rings is 1. The summed E-state index contributed by atoms with van der Waals surface area (Å²) >= 11 is 0. The van der Waals surface area contributed by atoms with Crippen molar-refractivity contribution < 1.29 is 31.1 Å². The van der Waals surface area contributed by atoms with Crippen LogP contribution in [0.1, 0.15) is 41.3 Å². The summed E-state index contributed by atoms with van der Waals surface area (Å²) in [6, 6.07) is 10.3. The fourth-order valence-electron chi connectivity index (χ4n) is 4.42. The van der Waals surface area contributed by atoms with Gasteiger partial charge in [0.1, 0.15) is 11.4 Å². The Kier molecular flexibility index (Phi) is 7.01. The molecular weight excluding hydrogens is 484 g/mol. The molecule has 0 amide bonds. The fourth-order valence-corrected chi connectivity index (χ4v) is 4.42. The summed E-state index contributed by atoms with van der Waals surface area (Å²) in [5.41, 5.74) is -1.36. The van der Waals surface area contributed by atoms with Gasteiger partial charge in [-0.25, -0.2) is 9.37 Å². The maximum absolute atomic E-state index is 15.5. The molecule has 1 aromatic heterocycles. The third-order valence-corrected chi connectivity index (χ3v) is 6.42. The molecule has 0 aliphatic carbocycles. The highest BCUT2D eigenvalue weighted by atomic mass is 19.4. The lowest BCUT2D eigenvalue weighted by Crippen LogP contribution is -2.35. The normalized spacial score (nSPS) is 15.8. The predicted octanol–water partition coefficient (Wildman–Crippen LogP) is 7.16. The molecule has 10 heteroatoms. The van der Waals surface area contributed by atoms with E-state index in [0.29, 0.717) is 24.0 Å². The van der Waals surface area contributed by atoms with Crippen molar-refractivity contribution in [3.63, 3.8) is 0 Å². The molecule has 1 aliphatic rings. The number of halogens is 6. The van der Waals surface area contributed by atoms with Gasteiger partial charge in [0.2, 0.25) is 5.88 Å². The van der Waals surface area contributed by atoms with E-state index in [1.54, 1.807) is 25.1 Å². The fraction of sp³-hybridized carbons (Fsp3) is 0.385. The van der Waals surface area contributed by atoms with E-state index in [2.05, 4.69) is 14.9 Å². The third kappa shape index (κ3) is 4.91. The quantitative estimate of drug-likeness (QED) is 0.342. The van der Waals surface area contributed by atoms with Crippen LogP contribution in [-0.2, 0) is 5.92 Å². The Hall–Kier alpha value is -3.14. The SMILES string of the molecule is Cc1nc(Oc2cccc(C3CCN(C)CC3)c2F)c(C(F)(F)C(F)(F)F)c(-c2ccccc2C)n1. The summed E-state index contributed by atoms with van der Waals surface area (Å²) in [6.45, 7) is 4.41. The third-order valence-electron chi connectivity index (χ3n) is 6.42. The summed E-state index contributed by atoms with van der Waals surface area (Å²) in [5.74, 6) is -7.91. The molecular formula is C26H25F6N3O. The number of alkyl halides is 5. The van der Waals surface area contributed by atoms with Gasteiger partial charge in [0.25, 0.3) is 0 Å². The molecule has 1 saturated heterocycles. The van der Waals surface area contributed by atoms with E-state index in [0.717, 1.165) is 13.1 Å². The van der Waals surface area contributed by atoms with Gasteiger partial charge in [-0.05, 0) is 69.9 Å². The molecule has 3 aromatic rings. The number of aromatic nitrogens is 2. The van der Waals surface area contributed by atoms with Crippen LogP contribution in [0.25, 0.3) is 11.3 Å². The molecule has 36 heavy (non-hydrogen) atoms. The molecule has 0 bridgehead atoms. The van der Waals surface area contributed by atoms with Gasteiger partial charge in [-0.1, -0.05) is 36.4 Å². The lowest BCUT2D eigenvalue weighted by atomic mass is 9.89. The van der Waals surface area contributed by atoms with E-state index in [4.69, 9.17) is 4.74 Å². The van der Waals surface area contributed by atoms with Crippen LogP contribution in [-0.4, -0.2) is 41.2 Å². The first-order valence-corrected chi connectivity index (χ1v) is 11.4. The average molecular weight is 509 g/mol. The predicted molar refractivity (Wildman–Crippen MR) is 123 cm³/mol. The number of hydrogen-bond donors (Lipinski definition) is 0. The van der Waals surface area contributed by atoms with Gasteiger partial charge in [0, 0.05) is 5.56 Å². The Morgan fingerprint density at radius 2 is 1.58 bits per heavy atom. The second-order valence-electron chi connectivity index (χ2n) is 9.03. The van der Waals surface area contributed by atoms with Gasteiger partial charge < -0.3 is 9.64 Å². The highest BCUT2D eigenvalue weighted by Gasteiger charge is 2.62. The van der Waals surface area contributed by atoms with Crippen LogP contribution in [0.5, 0.6) is 11.6 Å². The van der Waals surface area contributed by atoms with Crippen molar-refractivity contribution >= 4 is 0 Å². The zero-order valence-corrected chi connectivity index (χ0v) is 20.0. The Labute approximate surface area is 204 Å². The summed E-state index contributed by atoms with van der Waals surface area (Å²) in [5, 5.41) is 0. The highest BCUT2D eigenvalue weighted by Crippen LogP contribution is 2.51. The molecule has 0 spiro atoms. The number of ether oxygens (including phenoxy) is 1. The van der Waals surface area contributed by atoms with Crippen LogP contribution in [0.2, 0.25) is 0 Å². The molecule has 1 fully saturated rings. The summed E-state index contributed by atoms with van der Waals surface area (Å²) in [4.78, 5) is 9.82. The van der Waals surface area contributed by atoms with Crippen LogP contribution >= 0.6 is 0 Å². The van der Waals surface area contributed by atoms with Gasteiger partial charge in [0.15, 0.2) is 11.6 Å². The molecule has 0 radical (unpaired) electrons. The average Bonchev–Trinajstić information content (AvgIpc) is 2.80. The largest absolute Gasteiger partial charge is 0.458 e. The minimum atomic E-state index is -5.96. The second kappa shape index (κ2) is 9.72. The molecule has 0 saturated carbocycles. The van der Waals surface area contributed by atoms with Crippen LogP contribution in [0.4, 0.5) is 26.3 Å². The second-order valence-corrected chi connectivity index (χ2v) is 9.03. The number of hydrogen-bond acceptors (Lipinski definition) is 4. The van der Waals surface area contributed by atoms with Crippen LogP contribution in [0.3, 0.4) is 0 Å². The van der Waals surface area contributed by atoms with Gasteiger partial charge in [0.05, 0.1) is 5.69 Å². The minimum Gasteiger partial charge on any atom is -0.435 e. The smallest absolute Gasteiger partial charge is 0.435 e. The molecule has 0 unspecified atom stereocenters. The Bertz CT molecular complexity index is 1250. The molecule has 192 valence electrons. The van der Waals surface area contributed by atoms with Crippen molar-refractivity contribution in [1.82, 2.24) is 14.9 Å². The summed E-state index contributed by atoms with van der Waals surface area (Å²) in [7, 11) is 1.96. The number of benzene rings is 2. The van der Waals surface area contributed by atoms with E-state index in [9.17, 15) is 22.0 Å². The zero-order valence-electron chi connectivity index (χ0n) is 20.0. The van der Waals surface area contributed by atoms with Crippen molar-refractivity contribution in [2.75, 3.05) is 20.1 Å². The first-order valence-electron chi connectivity index (χ1n) is 11.4. The van der Waals surface area contributed by atoms with Gasteiger partial charge in [-0.15, -0.1) is 0 Å². The number of likely N-dealkylation sites (tertiary alicyclic amines) is 1. The van der Waals surface area contributed by atoms with Crippen molar-refractivity contribution in [1.29, 1.82) is 0 Å². The van der Waals surface area contributed by atoms with Gasteiger partial charge >= 0.3 is 12.1 Å². The highest BCUT2D eigenvalue weighted by molar-refractivity contribution is 5.70. The topological polar surface area (TPSA) is 38.2 Å². The van der Waals surface area contributed by atoms with Crippen LogP contribution in [0, 0.1) is 19.7 Å². The number of aryl methyl sites for hydroxylation is 2. The lowest BCUT2D eigenvalue weighted by Gasteiger charge is -2.29. The standard InChI is InChI=1S/C26H25F6N3O/c1-15-7-4-5-8-18(15)23-21(25(28,29)26(30,31)32)24(34-16(2)33-23)36-20-10-6-9-19(22(20)27)17-11-13-35(3)14-12-17/h4-10,17H,11-14H2,1-3H3. The molecule has 2 aromatic carbocycles. The molecule has 0 atom stereocenters. The van der Waals surface area contributed by atoms with Crippen LogP contribution in [0.15, 0.2) is 42.5 Å². The first kappa shape index (κ1) is 25.9. The van der Waals surface area contributed by atoms with E-state index in [-0.39, 0.29) is 17.3 Å². The van der Waals surface area contributed by atoms with E-state index < -0.39 is 40.8 Å². The van der Waals surface area contributed by atoms with Crippen molar-refractivity contribution in [3.05, 3.63) is 70.8 Å². The first-order chi connectivity index (χ1) is 16.9. The summed E-state index contributed by atoms with van der Waals surface area (Å²) < 4.78 is 91.7. The monoisotopic (exact) mass is 509 g/mol. The lowest BCUT2D eigenvalue weighted by molar-refractivity contribution is -0.289. The van der Waals surface area contributed by atoms with Crippen LogP contribution < -0.4 is 4.74 Å². The van der Waals surface area contributed by atoms with Crippen molar-refractivity contribution in [2.24, 2.45) is 0 Å². The Balaban J connectivity index is 1.87. The number of rotatable bonds is 5. The van der Waals surface area contributed by atoms with E-state index in [1.165, 1.54) is 31.2 Å². The molecule has 2 heterocycles. The molecule has 4 rings (SSSR count). The molecule has 0 N–H and O–H groups in total. The van der Waals surface area contributed by atoms with Crippen molar-refractivity contribution in [2.45, 2.75) is 44.7 Å². The maximum atomic E-state index is 15.5. The van der Waals surface area contributed by atoms with E-state index >= 15 is 4.39 Å². The van der Waals surface area contributed by atoms with Gasteiger partial charge in [-0.2, -0.15) is 26.9 Å². The Morgan fingerprint density at radius 1 is 0.917 bits per heavy atom. The molecule has 4 nitrogen and oxygen atoms in total. The number of nitrogens with zero attached hydrogens (tertiary/aromatic N) is 3. The van der Waals surface area contributed by atoms with E-state index in [1.807, 2.05) is 7.05 Å².